The summed E-state index contributed by atoms with van der Waals surface area (Å²) in [5.41, 5.74) is 7.60. The molecule has 0 saturated heterocycles. The van der Waals surface area contributed by atoms with Crippen molar-refractivity contribution in [1.29, 1.82) is 0 Å². The Bertz CT molecular complexity index is 1090. The molecule has 0 aliphatic carbocycles. The van der Waals surface area contributed by atoms with Gasteiger partial charge < -0.3 is 15.3 Å². The SMILES string of the molecule is CC(Cc1ccc(O)cc1)c1cc(C(C)Cc2ccc(O)cc2)cc(C(C)Cc2ccc(O)cc2)c1. The van der Waals surface area contributed by atoms with Crippen molar-refractivity contribution in [2.45, 2.75) is 57.8 Å². The van der Waals surface area contributed by atoms with Gasteiger partial charge >= 0.3 is 0 Å². The Morgan fingerprint density at radius 1 is 0.417 bits per heavy atom. The maximum Gasteiger partial charge on any atom is 0.115 e. The molecule has 0 bridgehead atoms. The van der Waals surface area contributed by atoms with Crippen molar-refractivity contribution >= 4 is 0 Å². The molecule has 4 aromatic rings. The molecule has 36 heavy (non-hydrogen) atoms. The van der Waals surface area contributed by atoms with E-state index in [0.717, 1.165) is 19.3 Å². The quantitative estimate of drug-likeness (QED) is 0.229. The molecule has 0 amide bonds. The first-order chi connectivity index (χ1) is 17.3. The minimum absolute atomic E-state index is 0.293. The summed E-state index contributed by atoms with van der Waals surface area (Å²) in [6.07, 6.45) is 2.71. The molecule has 0 heterocycles. The molecule has 0 aromatic heterocycles. The van der Waals surface area contributed by atoms with Crippen LogP contribution in [0.1, 0.15) is 71.9 Å². The minimum Gasteiger partial charge on any atom is -0.508 e. The van der Waals surface area contributed by atoms with Crippen LogP contribution in [0.15, 0.2) is 91.0 Å². The van der Waals surface area contributed by atoms with E-state index in [4.69, 9.17) is 0 Å². The standard InChI is InChI=1S/C33H36O3/c1-22(16-25-4-10-31(34)11-5-25)28-19-29(23(2)17-26-6-12-32(35)13-7-26)21-30(20-28)24(3)18-27-8-14-33(36)15-9-27/h4-15,19-24,34-36H,16-18H2,1-3H3. The summed E-state index contributed by atoms with van der Waals surface area (Å²) in [5, 5.41) is 28.9. The molecule has 4 aromatic carbocycles. The van der Waals surface area contributed by atoms with Gasteiger partial charge in [-0.15, -0.1) is 0 Å². The van der Waals surface area contributed by atoms with Gasteiger partial charge in [0.1, 0.15) is 17.2 Å². The second-order valence-corrected chi connectivity index (χ2v) is 10.2. The molecule has 0 aliphatic rings. The van der Waals surface area contributed by atoms with Gasteiger partial charge in [0, 0.05) is 0 Å². The van der Waals surface area contributed by atoms with Gasteiger partial charge in [0.2, 0.25) is 0 Å². The van der Waals surface area contributed by atoms with E-state index in [1.54, 1.807) is 36.4 Å². The highest BCUT2D eigenvalue weighted by Crippen LogP contribution is 2.32. The molecule has 0 fully saturated rings. The van der Waals surface area contributed by atoms with Crippen LogP contribution in [-0.2, 0) is 19.3 Å². The first-order valence-electron chi connectivity index (χ1n) is 12.8. The average molecular weight is 481 g/mol. The number of aromatic hydroxyl groups is 3. The lowest BCUT2D eigenvalue weighted by molar-refractivity contribution is 0.474. The van der Waals surface area contributed by atoms with E-state index in [9.17, 15) is 15.3 Å². The Kier molecular flexibility index (Phi) is 8.00. The van der Waals surface area contributed by atoms with Crippen LogP contribution < -0.4 is 0 Å². The highest BCUT2D eigenvalue weighted by Gasteiger charge is 2.17. The number of hydrogen-bond donors (Lipinski definition) is 3. The zero-order chi connectivity index (χ0) is 25.7. The van der Waals surface area contributed by atoms with Gasteiger partial charge in [0.05, 0.1) is 0 Å². The predicted octanol–water partition coefficient (Wildman–Crippen LogP) is 7.84. The summed E-state index contributed by atoms with van der Waals surface area (Å²) in [6, 6.07) is 29.6. The second kappa shape index (κ2) is 11.3. The molecule has 3 unspecified atom stereocenters. The molecule has 186 valence electrons. The topological polar surface area (TPSA) is 60.7 Å². The summed E-state index contributed by atoms with van der Waals surface area (Å²) in [7, 11) is 0. The first kappa shape index (κ1) is 25.4. The Balaban J connectivity index is 1.62. The van der Waals surface area contributed by atoms with Crippen LogP contribution in [0.2, 0.25) is 0 Å². The Morgan fingerprint density at radius 2 is 0.639 bits per heavy atom. The van der Waals surface area contributed by atoms with E-state index in [2.05, 4.69) is 39.0 Å². The normalized spacial score (nSPS) is 13.8. The van der Waals surface area contributed by atoms with Crippen molar-refractivity contribution in [3.05, 3.63) is 124 Å². The van der Waals surface area contributed by atoms with Crippen molar-refractivity contribution in [1.82, 2.24) is 0 Å². The number of benzene rings is 4. The van der Waals surface area contributed by atoms with Crippen molar-refractivity contribution in [2.24, 2.45) is 0 Å². The third-order valence-corrected chi connectivity index (χ3v) is 7.14. The molecule has 3 heteroatoms. The number of phenols is 3. The third-order valence-electron chi connectivity index (χ3n) is 7.14. The summed E-state index contributed by atoms with van der Waals surface area (Å²) in [6.45, 7) is 6.81. The number of rotatable bonds is 9. The van der Waals surface area contributed by atoms with E-state index in [-0.39, 0.29) is 0 Å². The van der Waals surface area contributed by atoms with Crippen LogP contribution >= 0.6 is 0 Å². The summed E-state index contributed by atoms with van der Waals surface area (Å²) in [5.74, 6) is 1.87. The van der Waals surface area contributed by atoms with Gasteiger partial charge in [0.15, 0.2) is 0 Å². The molecular formula is C33H36O3. The molecule has 0 saturated carbocycles. The first-order valence-corrected chi connectivity index (χ1v) is 12.8. The van der Waals surface area contributed by atoms with Crippen molar-refractivity contribution in [2.75, 3.05) is 0 Å². The molecule has 3 nitrogen and oxygen atoms in total. The van der Waals surface area contributed by atoms with Gasteiger partial charge in [-0.1, -0.05) is 75.4 Å². The Hall–Kier alpha value is -3.72. The largest absolute Gasteiger partial charge is 0.508 e. The van der Waals surface area contributed by atoms with Gasteiger partial charge in [-0.2, -0.15) is 0 Å². The van der Waals surface area contributed by atoms with Crippen LogP contribution in [0.3, 0.4) is 0 Å². The van der Waals surface area contributed by atoms with Crippen LogP contribution in [0.25, 0.3) is 0 Å². The van der Waals surface area contributed by atoms with Crippen LogP contribution in [0.5, 0.6) is 17.2 Å². The smallest absolute Gasteiger partial charge is 0.115 e. The van der Waals surface area contributed by atoms with Crippen LogP contribution in [-0.4, -0.2) is 15.3 Å². The third kappa shape index (κ3) is 6.69. The zero-order valence-electron chi connectivity index (χ0n) is 21.4. The number of hydrogen-bond acceptors (Lipinski definition) is 3. The highest BCUT2D eigenvalue weighted by molar-refractivity contribution is 5.39. The van der Waals surface area contributed by atoms with Gasteiger partial charge in [-0.25, -0.2) is 0 Å². The van der Waals surface area contributed by atoms with E-state index >= 15 is 0 Å². The van der Waals surface area contributed by atoms with Crippen LogP contribution in [0, 0.1) is 0 Å². The summed E-state index contributed by atoms with van der Waals surface area (Å²) < 4.78 is 0. The van der Waals surface area contributed by atoms with Crippen molar-refractivity contribution in [3.63, 3.8) is 0 Å². The lowest BCUT2D eigenvalue weighted by Gasteiger charge is -2.22. The van der Waals surface area contributed by atoms with E-state index in [1.165, 1.54) is 33.4 Å². The van der Waals surface area contributed by atoms with Crippen molar-refractivity contribution in [3.8, 4) is 17.2 Å². The van der Waals surface area contributed by atoms with Crippen LogP contribution in [0.4, 0.5) is 0 Å². The Morgan fingerprint density at radius 3 is 0.861 bits per heavy atom. The molecule has 4 rings (SSSR count). The summed E-state index contributed by atoms with van der Waals surface area (Å²) in [4.78, 5) is 0. The fraction of sp³-hybridized carbons (Fsp3) is 0.273. The fourth-order valence-electron chi connectivity index (χ4n) is 4.87. The van der Waals surface area contributed by atoms with E-state index in [0.29, 0.717) is 35.0 Å². The molecule has 0 radical (unpaired) electrons. The second-order valence-electron chi connectivity index (χ2n) is 10.2. The average Bonchev–Trinajstić information content (AvgIpc) is 2.87. The van der Waals surface area contributed by atoms with Gasteiger partial charge in [0.25, 0.3) is 0 Å². The van der Waals surface area contributed by atoms with E-state index in [1.807, 2.05) is 36.4 Å². The summed E-state index contributed by atoms with van der Waals surface area (Å²) >= 11 is 0. The van der Waals surface area contributed by atoms with E-state index < -0.39 is 0 Å². The lowest BCUT2D eigenvalue weighted by atomic mass is 9.83. The maximum atomic E-state index is 9.65. The molecule has 0 aliphatic heterocycles. The maximum absolute atomic E-state index is 9.65. The predicted molar refractivity (Wildman–Crippen MR) is 147 cm³/mol. The monoisotopic (exact) mass is 480 g/mol. The zero-order valence-corrected chi connectivity index (χ0v) is 21.4. The fourth-order valence-corrected chi connectivity index (χ4v) is 4.87. The Labute approximate surface area is 214 Å². The molecule has 3 atom stereocenters. The van der Waals surface area contributed by atoms with Gasteiger partial charge in [-0.3, -0.25) is 0 Å². The lowest BCUT2D eigenvalue weighted by Crippen LogP contribution is -2.07. The molecule has 3 N–H and O–H groups in total. The van der Waals surface area contributed by atoms with Gasteiger partial charge in [-0.05, 0) is 107 Å². The highest BCUT2D eigenvalue weighted by atomic mass is 16.3. The molecular weight excluding hydrogens is 444 g/mol. The number of phenolic OH excluding ortho intramolecular Hbond substituents is 3. The van der Waals surface area contributed by atoms with Crippen molar-refractivity contribution < 1.29 is 15.3 Å². The minimum atomic E-state index is 0.293. The molecule has 0 spiro atoms.